The van der Waals surface area contributed by atoms with Gasteiger partial charge in [-0.2, -0.15) is 5.10 Å². The van der Waals surface area contributed by atoms with Crippen molar-refractivity contribution in [3.8, 4) is 22.5 Å². The Hall–Kier alpha value is -4.71. The van der Waals surface area contributed by atoms with Crippen molar-refractivity contribution in [1.29, 1.82) is 0 Å². The number of aromatic amines is 2. The molecule has 6 rings (SSSR count). The average molecular weight is 485 g/mol. The molecule has 1 saturated carbocycles. The SMILES string of the molecule is C=C(/C=c1/c(-c2cc3c(-c4cccnc4)cccc3[nH]2)n[nH]/c1=C/C)c1cncc(NC(=C)C2CC2)c1. The van der Waals surface area contributed by atoms with E-state index < -0.39 is 0 Å². The highest BCUT2D eigenvalue weighted by atomic mass is 15.1. The van der Waals surface area contributed by atoms with Gasteiger partial charge in [-0.1, -0.05) is 37.4 Å². The van der Waals surface area contributed by atoms with Crippen LogP contribution in [0.3, 0.4) is 0 Å². The number of anilines is 1. The molecule has 6 nitrogen and oxygen atoms in total. The summed E-state index contributed by atoms with van der Waals surface area (Å²) in [7, 11) is 0. The smallest absolute Gasteiger partial charge is 0.116 e. The zero-order valence-corrected chi connectivity index (χ0v) is 20.8. The van der Waals surface area contributed by atoms with Gasteiger partial charge in [-0.3, -0.25) is 15.1 Å². The molecule has 0 aliphatic heterocycles. The van der Waals surface area contributed by atoms with Crippen LogP contribution >= 0.6 is 0 Å². The van der Waals surface area contributed by atoms with Crippen molar-refractivity contribution in [1.82, 2.24) is 25.1 Å². The lowest BCUT2D eigenvalue weighted by Gasteiger charge is -2.09. The van der Waals surface area contributed by atoms with Gasteiger partial charge < -0.3 is 10.3 Å². The molecular weight excluding hydrogens is 456 g/mol. The number of H-pyrrole nitrogens is 2. The Morgan fingerprint density at radius 3 is 2.73 bits per heavy atom. The second kappa shape index (κ2) is 9.39. The molecule has 0 spiro atoms. The highest BCUT2D eigenvalue weighted by molar-refractivity contribution is 5.98. The first-order chi connectivity index (χ1) is 18.1. The van der Waals surface area contributed by atoms with Gasteiger partial charge in [0.1, 0.15) is 5.69 Å². The number of pyridine rings is 2. The molecule has 0 atom stereocenters. The fourth-order valence-corrected chi connectivity index (χ4v) is 4.65. The van der Waals surface area contributed by atoms with E-state index in [0.717, 1.165) is 66.5 Å². The van der Waals surface area contributed by atoms with Crippen LogP contribution in [0, 0.1) is 5.92 Å². The molecule has 182 valence electrons. The van der Waals surface area contributed by atoms with Gasteiger partial charge in [-0.15, -0.1) is 0 Å². The Morgan fingerprint density at radius 1 is 1.05 bits per heavy atom. The van der Waals surface area contributed by atoms with Crippen molar-refractivity contribution in [2.24, 2.45) is 5.92 Å². The maximum absolute atomic E-state index is 4.67. The van der Waals surface area contributed by atoms with Gasteiger partial charge in [0.15, 0.2) is 0 Å². The van der Waals surface area contributed by atoms with Gasteiger partial charge in [0.2, 0.25) is 0 Å². The molecule has 4 aromatic heterocycles. The predicted molar refractivity (Wildman–Crippen MR) is 152 cm³/mol. The van der Waals surface area contributed by atoms with Crippen LogP contribution in [0.15, 0.2) is 86.1 Å². The van der Waals surface area contributed by atoms with E-state index in [1.165, 1.54) is 12.8 Å². The summed E-state index contributed by atoms with van der Waals surface area (Å²) < 4.78 is 0. The number of nitrogens with one attached hydrogen (secondary N) is 3. The maximum Gasteiger partial charge on any atom is 0.116 e. The Kier molecular flexibility index (Phi) is 5.77. The topological polar surface area (TPSA) is 82.3 Å². The number of allylic oxidation sites excluding steroid dienone is 2. The van der Waals surface area contributed by atoms with Gasteiger partial charge in [0, 0.05) is 51.5 Å². The highest BCUT2D eigenvalue weighted by Gasteiger charge is 2.24. The van der Waals surface area contributed by atoms with E-state index >= 15 is 0 Å². The zero-order chi connectivity index (χ0) is 25.4. The average Bonchev–Trinajstić information content (AvgIpc) is 3.57. The van der Waals surface area contributed by atoms with Crippen molar-refractivity contribution in [2.45, 2.75) is 19.8 Å². The molecule has 1 aliphatic carbocycles. The van der Waals surface area contributed by atoms with Crippen molar-refractivity contribution in [3.05, 3.63) is 102 Å². The number of aromatic nitrogens is 5. The van der Waals surface area contributed by atoms with Crippen LogP contribution in [0.25, 0.3) is 51.1 Å². The summed E-state index contributed by atoms with van der Waals surface area (Å²) in [6, 6.07) is 14.5. The fourth-order valence-electron chi connectivity index (χ4n) is 4.65. The van der Waals surface area contributed by atoms with Crippen molar-refractivity contribution in [2.75, 3.05) is 5.32 Å². The molecule has 1 aromatic carbocycles. The second-order valence-electron chi connectivity index (χ2n) is 9.44. The van der Waals surface area contributed by atoms with E-state index in [9.17, 15) is 0 Å². The van der Waals surface area contributed by atoms with E-state index in [2.05, 4.69) is 86.1 Å². The van der Waals surface area contributed by atoms with Crippen LogP contribution in [0.1, 0.15) is 25.3 Å². The third kappa shape index (κ3) is 4.49. The summed E-state index contributed by atoms with van der Waals surface area (Å²) in [5.74, 6) is 0.574. The molecule has 0 bridgehead atoms. The van der Waals surface area contributed by atoms with Gasteiger partial charge in [0.05, 0.1) is 22.9 Å². The van der Waals surface area contributed by atoms with E-state index in [1.807, 2.05) is 37.7 Å². The predicted octanol–water partition coefficient (Wildman–Crippen LogP) is 5.64. The summed E-state index contributed by atoms with van der Waals surface area (Å²) in [6.45, 7) is 10.5. The minimum atomic E-state index is 0.574. The van der Waals surface area contributed by atoms with Crippen LogP contribution in [-0.4, -0.2) is 25.1 Å². The van der Waals surface area contributed by atoms with Crippen molar-refractivity contribution < 1.29 is 0 Å². The van der Waals surface area contributed by atoms with E-state index in [1.54, 1.807) is 6.20 Å². The number of hydrogen-bond acceptors (Lipinski definition) is 4. The van der Waals surface area contributed by atoms with E-state index in [-0.39, 0.29) is 0 Å². The van der Waals surface area contributed by atoms with Crippen molar-refractivity contribution >= 4 is 34.3 Å². The normalized spacial score (nSPS) is 14.3. The van der Waals surface area contributed by atoms with Crippen LogP contribution in [0.4, 0.5) is 5.69 Å². The quantitative estimate of drug-likeness (QED) is 0.279. The lowest BCUT2D eigenvalue weighted by Crippen LogP contribution is -2.23. The first-order valence-corrected chi connectivity index (χ1v) is 12.5. The summed E-state index contributed by atoms with van der Waals surface area (Å²) in [4.78, 5) is 12.3. The van der Waals surface area contributed by atoms with Gasteiger partial charge >= 0.3 is 0 Å². The Morgan fingerprint density at radius 2 is 1.95 bits per heavy atom. The minimum Gasteiger partial charge on any atom is -0.358 e. The Balaban J connectivity index is 1.40. The lowest BCUT2D eigenvalue weighted by molar-refractivity contribution is 1.02. The van der Waals surface area contributed by atoms with E-state index in [0.29, 0.717) is 5.92 Å². The molecule has 0 saturated heterocycles. The highest BCUT2D eigenvalue weighted by Crippen LogP contribution is 2.36. The van der Waals surface area contributed by atoms with Crippen LogP contribution < -0.4 is 15.9 Å². The first-order valence-electron chi connectivity index (χ1n) is 12.5. The minimum absolute atomic E-state index is 0.574. The molecule has 0 radical (unpaired) electrons. The van der Waals surface area contributed by atoms with Gasteiger partial charge in [0.25, 0.3) is 0 Å². The molecule has 37 heavy (non-hydrogen) atoms. The van der Waals surface area contributed by atoms with E-state index in [4.69, 9.17) is 0 Å². The van der Waals surface area contributed by atoms with Crippen LogP contribution in [0.5, 0.6) is 0 Å². The van der Waals surface area contributed by atoms with Gasteiger partial charge in [-0.25, -0.2) is 0 Å². The molecule has 5 aromatic rings. The Labute approximate surface area is 215 Å². The summed E-state index contributed by atoms with van der Waals surface area (Å²) >= 11 is 0. The summed E-state index contributed by atoms with van der Waals surface area (Å²) in [5.41, 5.74) is 8.80. The number of fused-ring (bicyclic) bond motifs is 1. The third-order valence-electron chi connectivity index (χ3n) is 6.82. The number of rotatable bonds is 7. The van der Waals surface area contributed by atoms with Crippen LogP contribution in [-0.2, 0) is 0 Å². The number of nitrogens with zero attached hydrogens (tertiary/aromatic N) is 3. The molecule has 3 N–H and O–H groups in total. The lowest BCUT2D eigenvalue weighted by atomic mass is 10.0. The molecule has 6 heteroatoms. The summed E-state index contributed by atoms with van der Waals surface area (Å²) in [6.07, 6.45) is 13.8. The molecule has 1 aliphatic rings. The monoisotopic (exact) mass is 484 g/mol. The zero-order valence-electron chi connectivity index (χ0n) is 20.8. The largest absolute Gasteiger partial charge is 0.358 e. The number of hydrogen-bond donors (Lipinski definition) is 3. The standard InChI is InChI=1S/C31H28N6/c1-4-28-27(13-19(2)23-14-24(18-33-17-23)34-20(3)21-10-11-21)31(37-36-28)30-15-26-25(8-5-9-29(26)35-30)22-7-6-12-32-16-22/h4-9,12-18,21,34-36H,2-3,10-11H2,1H3/b27-13+,28-4+. The molecule has 4 heterocycles. The first kappa shape index (κ1) is 22.7. The molecule has 1 fully saturated rings. The fraction of sp³-hybridized carbons (Fsp3) is 0.129. The van der Waals surface area contributed by atoms with Gasteiger partial charge in [-0.05, 0) is 67.2 Å². The molecule has 0 amide bonds. The Bertz CT molecular complexity index is 1750. The second-order valence-corrected chi connectivity index (χ2v) is 9.44. The van der Waals surface area contributed by atoms with Crippen LogP contribution in [0.2, 0.25) is 0 Å². The van der Waals surface area contributed by atoms with Crippen molar-refractivity contribution in [3.63, 3.8) is 0 Å². The third-order valence-corrected chi connectivity index (χ3v) is 6.82. The molecule has 0 unspecified atom stereocenters. The maximum atomic E-state index is 4.67. The summed E-state index contributed by atoms with van der Waals surface area (Å²) in [5, 5.41) is 14.3. The number of benzene rings is 1. The molecular formula is C31H28N6.